The Kier molecular flexibility index (Phi) is 7.74. The summed E-state index contributed by atoms with van der Waals surface area (Å²) in [5, 5.41) is 9.38. The third-order valence-electron chi connectivity index (χ3n) is 5.27. The van der Waals surface area contributed by atoms with E-state index in [1.807, 2.05) is 0 Å². The van der Waals surface area contributed by atoms with Gasteiger partial charge < -0.3 is 4.74 Å². The van der Waals surface area contributed by atoms with Crippen LogP contribution in [0.15, 0.2) is 0 Å². The van der Waals surface area contributed by atoms with E-state index in [4.69, 9.17) is 4.74 Å². The van der Waals surface area contributed by atoms with E-state index >= 15 is 0 Å². The molecule has 0 aromatic rings. The van der Waals surface area contributed by atoms with Gasteiger partial charge in [-0.2, -0.15) is 5.26 Å². The molecule has 1 aliphatic carbocycles. The summed E-state index contributed by atoms with van der Waals surface area (Å²) >= 11 is 0. The first-order valence-corrected chi connectivity index (χ1v) is 8.93. The molecular formula is C19H35NO. The summed E-state index contributed by atoms with van der Waals surface area (Å²) in [6, 6.07) is 2.49. The minimum atomic E-state index is 0.104. The maximum absolute atomic E-state index is 9.38. The van der Waals surface area contributed by atoms with Crippen molar-refractivity contribution in [3.8, 4) is 6.07 Å². The zero-order valence-corrected chi connectivity index (χ0v) is 14.8. The van der Waals surface area contributed by atoms with Crippen LogP contribution in [0.2, 0.25) is 0 Å². The van der Waals surface area contributed by atoms with Gasteiger partial charge in [-0.05, 0) is 42.9 Å². The Morgan fingerprint density at radius 3 is 2.48 bits per heavy atom. The minimum absolute atomic E-state index is 0.104. The Labute approximate surface area is 132 Å². The Bertz CT molecular complexity index is 325. The maximum Gasteiger partial charge on any atom is 0.0736 e. The Balaban J connectivity index is 2.54. The first-order valence-electron chi connectivity index (χ1n) is 8.93. The molecule has 4 unspecified atom stereocenters. The monoisotopic (exact) mass is 293 g/mol. The van der Waals surface area contributed by atoms with Gasteiger partial charge in [0.15, 0.2) is 0 Å². The largest absolute Gasteiger partial charge is 0.377 e. The van der Waals surface area contributed by atoms with Gasteiger partial charge in [0.05, 0.1) is 18.1 Å². The molecule has 0 saturated heterocycles. The minimum Gasteiger partial charge on any atom is -0.377 e. The van der Waals surface area contributed by atoms with E-state index in [0.29, 0.717) is 17.3 Å². The highest BCUT2D eigenvalue weighted by Gasteiger charge is 2.36. The lowest BCUT2D eigenvalue weighted by Gasteiger charge is -2.40. The molecule has 4 atom stereocenters. The first-order chi connectivity index (χ1) is 9.92. The van der Waals surface area contributed by atoms with Crippen LogP contribution in [-0.2, 0) is 4.74 Å². The second-order valence-electron chi connectivity index (χ2n) is 7.90. The smallest absolute Gasteiger partial charge is 0.0736 e. The number of hydrogen-bond acceptors (Lipinski definition) is 2. The van der Waals surface area contributed by atoms with Crippen molar-refractivity contribution >= 4 is 0 Å². The Morgan fingerprint density at radius 1 is 1.24 bits per heavy atom. The van der Waals surface area contributed by atoms with Gasteiger partial charge in [0.2, 0.25) is 0 Å². The van der Waals surface area contributed by atoms with Crippen LogP contribution >= 0.6 is 0 Å². The zero-order valence-electron chi connectivity index (χ0n) is 14.8. The van der Waals surface area contributed by atoms with Gasteiger partial charge in [0, 0.05) is 6.61 Å². The molecule has 0 spiro atoms. The molecule has 2 heteroatoms. The van der Waals surface area contributed by atoms with E-state index in [1.165, 1.54) is 32.1 Å². The summed E-state index contributed by atoms with van der Waals surface area (Å²) in [6.07, 6.45) is 8.40. The molecule has 1 fully saturated rings. The molecule has 0 aliphatic heterocycles. The molecule has 0 amide bonds. The van der Waals surface area contributed by atoms with Crippen molar-refractivity contribution in [2.75, 3.05) is 6.61 Å². The fourth-order valence-corrected chi connectivity index (χ4v) is 3.41. The third-order valence-corrected chi connectivity index (χ3v) is 5.27. The van der Waals surface area contributed by atoms with Crippen LogP contribution in [0.4, 0.5) is 0 Å². The quantitative estimate of drug-likeness (QED) is 0.614. The molecule has 1 saturated carbocycles. The lowest BCUT2D eigenvalue weighted by atomic mass is 9.69. The molecule has 21 heavy (non-hydrogen) atoms. The Morgan fingerprint density at radius 2 is 1.95 bits per heavy atom. The predicted octanol–water partition coefficient (Wildman–Crippen LogP) is 5.57. The summed E-state index contributed by atoms with van der Waals surface area (Å²) in [4.78, 5) is 0. The van der Waals surface area contributed by atoms with E-state index in [2.05, 4.69) is 40.7 Å². The number of ether oxygens (including phenoxy) is 1. The van der Waals surface area contributed by atoms with Gasteiger partial charge in [-0.15, -0.1) is 0 Å². The van der Waals surface area contributed by atoms with Gasteiger partial charge >= 0.3 is 0 Å². The fourth-order valence-electron chi connectivity index (χ4n) is 3.41. The highest BCUT2D eigenvalue weighted by molar-refractivity contribution is 4.96. The number of unbranched alkanes of at least 4 members (excludes halogenated alkanes) is 1. The number of nitrogens with zero attached hydrogens (tertiary/aromatic N) is 1. The normalized spacial score (nSPS) is 28.1. The van der Waals surface area contributed by atoms with Gasteiger partial charge in [-0.25, -0.2) is 0 Å². The molecule has 1 rings (SSSR count). The number of nitriles is 1. The zero-order chi connectivity index (χ0) is 15.9. The molecule has 0 aromatic carbocycles. The standard InChI is InChI=1S/C19H35NO/c1-6-8-9-15(7-2)14-21-18-12-17(19(3,4)5)11-10-16(18)13-20/h15-18H,6-12,14H2,1-5H3. The van der Waals surface area contributed by atoms with Crippen LogP contribution in [0.3, 0.4) is 0 Å². The van der Waals surface area contributed by atoms with Crippen LogP contribution in [0.1, 0.15) is 79.6 Å². The molecule has 122 valence electrons. The van der Waals surface area contributed by atoms with Crippen LogP contribution in [-0.4, -0.2) is 12.7 Å². The van der Waals surface area contributed by atoms with E-state index in [9.17, 15) is 5.26 Å². The van der Waals surface area contributed by atoms with Crippen LogP contribution in [0.25, 0.3) is 0 Å². The van der Waals surface area contributed by atoms with Crippen molar-refractivity contribution in [3.63, 3.8) is 0 Å². The number of hydrogen-bond donors (Lipinski definition) is 0. The van der Waals surface area contributed by atoms with Crippen LogP contribution in [0, 0.1) is 34.5 Å². The van der Waals surface area contributed by atoms with E-state index in [1.54, 1.807) is 0 Å². The summed E-state index contributed by atoms with van der Waals surface area (Å²) in [5.74, 6) is 1.45. The van der Waals surface area contributed by atoms with Crippen LogP contribution in [0.5, 0.6) is 0 Å². The van der Waals surface area contributed by atoms with Gasteiger partial charge in [0.1, 0.15) is 0 Å². The van der Waals surface area contributed by atoms with Crippen molar-refractivity contribution < 1.29 is 4.74 Å². The first kappa shape index (κ1) is 18.5. The van der Waals surface area contributed by atoms with Gasteiger partial charge in [-0.3, -0.25) is 0 Å². The maximum atomic E-state index is 9.38. The van der Waals surface area contributed by atoms with Crippen molar-refractivity contribution in [2.24, 2.45) is 23.2 Å². The third kappa shape index (κ3) is 5.99. The lowest BCUT2D eigenvalue weighted by Crippen LogP contribution is -2.37. The topological polar surface area (TPSA) is 33.0 Å². The Hall–Kier alpha value is -0.550. The molecule has 0 radical (unpaired) electrons. The second-order valence-corrected chi connectivity index (χ2v) is 7.90. The summed E-state index contributed by atoms with van der Waals surface area (Å²) in [5.41, 5.74) is 0.328. The summed E-state index contributed by atoms with van der Waals surface area (Å²) < 4.78 is 6.24. The van der Waals surface area contributed by atoms with Crippen molar-refractivity contribution in [2.45, 2.75) is 85.7 Å². The molecule has 0 N–H and O–H groups in total. The number of rotatable bonds is 7. The average molecular weight is 293 g/mol. The highest BCUT2D eigenvalue weighted by atomic mass is 16.5. The van der Waals surface area contributed by atoms with E-state index < -0.39 is 0 Å². The average Bonchev–Trinajstić information content (AvgIpc) is 2.46. The highest BCUT2D eigenvalue weighted by Crippen LogP contribution is 2.41. The second kappa shape index (κ2) is 8.79. The predicted molar refractivity (Wildman–Crippen MR) is 88.9 cm³/mol. The fraction of sp³-hybridized carbons (Fsp3) is 0.947. The molecule has 0 aromatic heterocycles. The summed E-state index contributed by atoms with van der Waals surface area (Å²) in [6.45, 7) is 12.3. The molecule has 0 bridgehead atoms. The van der Waals surface area contributed by atoms with Gasteiger partial charge in [0.25, 0.3) is 0 Å². The van der Waals surface area contributed by atoms with Gasteiger partial charge in [-0.1, -0.05) is 53.9 Å². The molecular weight excluding hydrogens is 258 g/mol. The molecule has 0 heterocycles. The SMILES string of the molecule is CCCCC(CC)COC1CC(C(C)(C)C)CCC1C#N. The summed E-state index contributed by atoms with van der Waals surface area (Å²) in [7, 11) is 0. The lowest BCUT2D eigenvalue weighted by molar-refractivity contribution is -0.0425. The van der Waals surface area contributed by atoms with E-state index in [-0.39, 0.29) is 12.0 Å². The van der Waals surface area contributed by atoms with Crippen molar-refractivity contribution in [1.29, 1.82) is 5.26 Å². The van der Waals surface area contributed by atoms with E-state index in [0.717, 1.165) is 19.4 Å². The van der Waals surface area contributed by atoms with Crippen molar-refractivity contribution in [1.82, 2.24) is 0 Å². The molecule has 1 aliphatic rings. The van der Waals surface area contributed by atoms with Crippen LogP contribution < -0.4 is 0 Å². The molecule has 2 nitrogen and oxygen atoms in total. The van der Waals surface area contributed by atoms with Crippen molar-refractivity contribution in [3.05, 3.63) is 0 Å².